The van der Waals surface area contributed by atoms with Crippen LogP contribution >= 0.6 is 0 Å². The van der Waals surface area contributed by atoms with Crippen molar-refractivity contribution in [1.29, 1.82) is 0 Å². The van der Waals surface area contributed by atoms with Crippen LogP contribution in [0.4, 0.5) is 5.69 Å². The van der Waals surface area contributed by atoms with Crippen LogP contribution in [-0.4, -0.2) is 48.9 Å². The van der Waals surface area contributed by atoms with E-state index in [2.05, 4.69) is 44.5 Å². The highest BCUT2D eigenvalue weighted by atomic mass is 16.1. The average molecular weight is 444 g/mol. The van der Waals surface area contributed by atoms with Crippen molar-refractivity contribution in [3.8, 4) is 11.4 Å². The molecule has 1 amide bonds. The summed E-state index contributed by atoms with van der Waals surface area (Å²) in [5.41, 5.74) is 5.62. The fourth-order valence-electron chi connectivity index (χ4n) is 3.82. The number of benzene rings is 2. The molecule has 0 aliphatic rings. The van der Waals surface area contributed by atoms with Gasteiger partial charge in [-0.1, -0.05) is 30.3 Å². The number of hydrogen-bond donors (Lipinski definition) is 1. The van der Waals surface area contributed by atoms with Crippen molar-refractivity contribution < 1.29 is 4.79 Å². The van der Waals surface area contributed by atoms with Crippen LogP contribution in [0.5, 0.6) is 0 Å². The van der Waals surface area contributed by atoms with Crippen LogP contribution in [0.15, 0.2) is 67.3 Å². The molecule has 0 radical (unpaired) electrons. The molecule has 0 saturated heterocycles. The first kappa shape index (κ1) is 22.4. The van der Waals surface area contributed by atoms with E-state index in [4.69, 9.17) is 0 Å². The molecule has 2 aromatic carbocycles. The summed E-state index contributed by atoms with van der Waals surface area (Å²) in [4.78, 5) is 18.9. The summed E-state index contributed by atoms with van der Waals surface area (Å²) in [5, 5.41) is 11.8. The molecule has 0 aliphatic carbocycles. The third-order valence-corrected chi connectivity index (χ3v) is 5.97. The summed E-state index contributed by atoms with van der Waals surface area (Å²) >= 11 is 0. The van der Waals surface area contributed by atoms with Crippen LogP contribution in [0.3, 0.4) is 0 Å². The highest BCUT2D eigenvalue weighted by Gasteiger charge is 2.17. The normalized spacial score (nSPS) is 12.2. The molecule has 33 heavy (non-hydrogen) atoms. The Morgan fingerprint density at radius 2 is 1.79 bits per heavy atom. The molecule has 1 N–H and O–H groups in total. The number of nitrogens with zero attached hydrogens (tertiary/aromatic N) is 6. The lowest BCUT2D eigenvalue weighted by molar-refractivity contribution is -0.116. The van der Waals surface area contributed by atoms with Crippen molar-refractivity contribution in [3.63, 3.8) is 0 Å². The molecule has 0 spiro atoms. The van der Waals surface area contributed by atoms with Crippen LogP contribution in [0.2, 0.25) is 0 Å². The third kappa shape index (κ3) is 5.01. The van der Waals surface area contributed by atoms with E-state index in [1.54, 1.807) is 11.0 Å². The highest BCUT2D eigenvalue weighted by molar-refractivity contribution is 5.92. The number of amides is 1. The van der Waals surface area contributed by atoms with E-state index in [9.17, 15) is 4.79 Å². The Morgan fingerprint density at radius 3 is 2.45 bits per heavy atom. The van der Waals surface area contributed by atoms with E-state index in [0.717, 1.165) is 28.5 Å². The molecule has 0 saturated carbocycles. The number of aromatic nitrogens is 5. The topological polar surface area (TPSA) is 80.9 Å². The van der Waals surface area contributed by atoms with E-state index in [0.29, 0.717) is 13.0 Å². The van der Waals surface area contributed by atoms with Crippen molar-refractivity contribution in [2.45, 2.75) is 33.2 Å². The minimum absolute atomic E-state index is 0.0191. The van der Waals surface area contributed by atoms with Crippen molar-refractivity contribution in [3.05, 3.63) is 84.2 Å². The van der Waals surface area contributed by atoms with Gasteiger partial charge in [-0.05, 0) is 57.6 Å². The smallest absolute Gasteiger partial charge is 0.225 e. The zero-order chi connectivity index (χ0) is 23.4. The number of rotatable bonds is 8. The summed E-state index contributed by atoms with van der Waals surface area (Å²) < 4.78 is 3.59. The second-order valence-corrected chi connectivity index (χ2v) is 8.18. The van der Waals surface area contributed by atoms with E-state index < -0.39 is 0 Å². The standard InChI is InChI=1S/C25H29N7O/c1-18-25(20(3)32(29-18)23-8-6-5-7-9-23)28-24(33)14-15-30(4)19(2)21-10-12-22(13-11-21)31-17-26-16-27-31/h5-13,16-17,19H,14-15H2,1-4H3,(H,28,33). The summed E-state index contributed by atoms with van der Waals surface area (Å²) in [7, 11) is 2.03. The quantitative estimate of drug-likeness (QED) is 0.444. The highest BCUT2D eigenvalue weighted by Crippen LogP contribution is 2.24. The average Bonchev–Trinajstić information content (AvgIpc) is 3.47. The molecule has 0 aliphatic heterocycles. The Hall–Kier alpha value is -3.78. The molecular weight excluding hydrogens is 414 g/mol. The Bertz CT molecular complexity index is 1200. The largest absolute Gasteiger partial charge is 0.323 e. The molecule has 4 aromatic rings. The summed E-state index contributed by atoms with van der Waals surface area (Å²) in [6, 6.07) is 18.3. The first-order valence-corrected chi connectivity index (χ1v) is 11.0. The molecule has 8 nitrogen and oxygen atoms in total. The Balaban J connectivity index is 1.35. The monoisotopic (exact) mass is 443 g/mol. The number of carbonyl (C=O) groups excluding carboxylic acids is 1. The molecule has 1 unspecified atom stereocenters. The maximum atomic E-state index is 12.7. The van der Waals surface area contributed by atoms with Crippen LogP contribution in [0, 0.1) is 13.8 Å². The lowest BCUT2D eigenvalue weighted by Crippen LogP contribution is -2.27. The molecule has 0 fully saturated rings. The zero-order valence-corrected chi connectivity index (χ0v) is 19.4. The van der Waals surface area contributed by atoms with Gasteiger partial charge in [0, 0.05) is 19.0 Å². The molecule has 0 bridgehead atoms. The molecule has 1 atom stereocenters. The SMILES string of the molecule is Cc1nn(-c2ccccc2)c(C)c1NC(=O)CCN(C)C(C)c1ccc(-n2cncn2)cc1. The molecule has 8 heteroatoms. The van der Waals surface area contributed by atoms with Crippen LogP contribution in [0.25, 0.3) is 11.4 Å². The number of anilines is 1. The minimum atomic E-state index is -0.0191. The minimum Gasteiger partial charge on any atom is -0.323 e. The first-order chi connectivity index (χ1) is 15.9. The van der Waals surface area contributed by atoms with Gasteiger partial charge in [0.05, 0.1) is 28.5 Å². The van der Waals surface area contributed by atoms with Gasteiger partial charge in [0.25, 0.3) is 0 Å². The van der Waals surface area contributed by atoms with Gasteiger partial charge < -0.3 is 5.32 Å². The second-order valence-electron chi connectivity index (χ2n) is 8.18. The molecular formula is C25H29N7O. The lowest BCUT2D eigenvalue weighted by atomic mass is 10.1. The second kappa shape index (κ2) is 9.79. The van der Waals surface area contributed by atoms with Crippen LogP contribution < -0.4 is 5.32 Å². The predicted molar refractivity (Wildman–Crippen MR) is 129 cm³/mol. The lowest BCUT2D eigenvalue weighted by Gasteiger charge is -2.25. The molecule has 2 heterocycles. The Morgan fingerprint density at radius 1 is 1.06 bits per heavy atom. The van der Waals surface area contributed by atoms with E-state index in [1.165, 1.54) is 11.9 Å². The fraction of sp³-hybridized carbons (Fsp3) is 0.280. The van der Waals surface area contributed by atoms with Crippen molar-refractivity contribution in [2.24, 2.45) is 0 Å². The zero-order valence-electron chi connectivity index (χ0n) is 19.4. The maximum absolute atomic E-state index is 12.7. The maximum Gasteiger partial charge on any atom is 0.225 e. The number of para-hydroxylation sites is 1. The van der Waals surface area contributed by atoms with Crippen LogP contribution in [0.1, 0.15) is 36.3 Å². The predicted octanol–water partition coefficient (Wildman–Crippen LogP) is 4.09. The molecule has 2 aromatic heterocycles. The first-order valence-electron chi connectivity index (χ1n) is 11.0. The number of aryl methyl sites for hydroxylation is 1. The summed E-state index contributed by atoms with van der Waals surface area (Å²) in [5.74, 6) is -0.0191. The van der Waals surface area contributed by atoms with Gasteiger partial charge in [0.2, 0.25) is 5.91 Å². The fourth-order valence-corrected chi connectivity index (χ4v) is 3.82. The van der Waals surface area contributed by atoms with Gasteiger partial charge in [0.15, 0.2) is 0 Å². The van der Waals surface area contributed by atoms with Crippen molar-refractivity contribution in [2.75, 3.05) is 18.9 Å². The Kier molecular flexibility index (Phi) is 6.65. The van der Waals surface area contributed by atoms with Crippen LogP contribution in [-0.2, 0) is 4.79 Å². The van der Waals surface area contributed by atoms with Gasteiger partial charge in [0.1, 0.15) is 12.7 Å². The third-order valence-electron chi connectivity index (χ3n) is 5.97. The van der Waals surface area contributed by atoms with E-state index in [1.807, 2.05) is 68.0 Å². The number of carbonyl (C=O) groups is 1. The van der Waals surface area contributed by atoms with Gasteiger partial charge in [-0.2, -0.15) is 10.2 Å². The van der Waals surface area contributed by atoms with Gasteiger partial charge in [-0.15, -0.1) is 0 Å². The van der Waals surface area contributed by atoms with Gasteiger partial charge in [-0.3, -0.25) is 9.69 Å². The molecule has 4 rings (SSSR count). The van der Waals surface area contributed by atoms with Crippen molar-refractivity contribution in [1.82, 2.24) is 29.4 Å². The Labute approximate surface area is 193 Å². The van der Waals surface area contributed by atoms with E-state index >= 15 is 0 Å². The van der Waals surface area contributed by atoms with Crippen molar-refractivity contribution >= 4 is 11.6 Å². The summed E-state index contributed by atoms with van der Waals surface area (Å²) in [6.45, 7) is 6.67. The van der Waals surface area contributed by atoms with E-state index in [-0.39, 0.29) is 11.9 Å². The van der Waals surface area contributed by atoms with Gasteiger partial charge >= 0.3 is 0 Å². The number of hydrogen-bond acceptors (Lipinski definition) is 5. The number of nitrogens with one attached hydrogen (secondary N) is 1. The van der Waals surface area contributed by atoms with Gasteiger partial charge in [-0.25, -0.2) is 14.3 Å². The summed E-state index contributed by atoms with van der Waals surface area (Å²) in [6.07, 6.45) is 3.59. The molecule has 170 valence electrons.